The summed E-state index contributed by atoms with van der Waals surface area (Å²) in [5, 5.41) is 19.4. The minimum atomic E-state index is -0.578. The first-order chi connectivity index (χ1) is 10.1. The Morgan fingerprint density at radius 2 is 2.00 bits per heavy atom. The second kappa shape index (κ2) is 7.45. The Bertz CT molecular complexity index is 570. The average Bonchev–Trinajstić information content (AvgIpc) is 2.97. The topological polar surface area (TPSA) is 61.4 Å². The number of halogens is 1. The van der Waals surface area contributed by atoms with E-state index >= 15 is 0 Å². The summed E-state index contributed by atoms with van der Waals surface area (Å²) in [5.41, 5.74) is 1.96. The molecule has 1 aromatic carbocycles. The van der Waals surface area contributed by atoms with Gasteiger partial charge in [-0.3, -0.25) is 0 Å². The third-order valence-electron chi connectivity index (χ3n) is 2.91. The zero-order chi connectivity index (χ0) is 15.2. The van der Waals surface area contributed by atoms with E-state index in [-0.39, 0.29) is 18.6 Å². The molecule has 2 amide bonds. The molecule has 0 aliphatic rings. The molecule has 0 unspecified atom stereocenters. The first-order valence-corrected chi connectivity index (χ1v) is 7.88. The highest BCUT2D eigenvalue weighted by Gasteiger charge is 2.17. The van der Waals surface area contributed by atoms with Crippen molar-refractivity contribution in [2.24, 2.45) is 0 Å². The lowest BCUT2D eigenvalue weighted by Gasteiger charge is -2.19. The largest absolute Gasteiger partial charge is 0.392 e. The van der Waals surface area contributed by atoms with Crippen LogP contribution in [0.15, 0.2) is 41.1 Å². The Hall–Kier alpha value is -1.56. The molecule has 0 aliphatic heterocycles. The van der Waals surface area contributed by atoms with Crippen LogP contribution >= 0.6 is 22.9 Å². The van der Waals surface area contributed by atoms with Crippen molar-refractivity contribution in [3.63, 3.8) is 0 Å². The van der Waals surface area contributed by atoms with Gasteiger partial charge < -0.3 is 15.7 Å². The van der Waals surface area contributed by atoms with Crippen LogP contribution in [0.1, 0.15) is 24.1 Å². The minimum Gasteiger partial charge on any atom is -0.392 e. The molecule has 2 atom stereocenters. The Labute approximate surface area is 132 Å². The number of hydrogen-bond donors (Lipinski definition) is 3. The quantitative estimate of drug-likeness (QED) is 0.791. The van der Waals surface area contributed by atoms with Gasteiger partial charge in [0, 0.05) is 11.6 Å². The second-order valence-electron chi connectivity index (χ2n) is 4.74. The molecule has 2 rings (SSSR count). The van der Waals surface area contributed by atoms with Gasteiger partial charge in [0.25, 0.3) is 0 Å². The van der Waals surface area contributed by atoms with Gasteiger partial charge in [-0.1, -0.05) is 23.7 Å². The molecule has 1 aromatic heterocycles. The molecule has 6 heteroatoms. The molecule has 4 nitrogen and oxygen atoms in total. The van der Waals surface area contributed by atoms with Crippen LogP contribution < -0.4 is 10.6 Å². The molecule has 0 aliphatic carbocycles. The molecule has 112 valence electrons. The Morgan fingerprint density at radius 3 is 2.57 bits per heavy atom. The highest BCUT2D eigenvalue weighted by atomic mass is 35.5. The molecule has 1 heterocycles. The summed E-state index contributed by atoms with van der Waals surface area (Å²) in [5.74, 6) is 0. The number of benzene rings is 1. The van der Waals surface area contributed by atoms with Crippen molar-refractivity contribution < 1.29 is 9.90 Å². The number of aliphatic hydroxyl groups is 1. The van der Waals surface area contributed by atoms with Gasteiger partial charge in [0.1, 0.15) is 0 Å². The van der Waals surface area contributed by atoms with E-state index in [0.29, 0.717) is 5.02 Å². The van der Waals surface area contributed by atoms with Gasteiger partial charge in [-0.2, -0.15) is 11.3 Å². The number of carbonyl (C=O) groups excluding carboxylic acids is 1. The van der Waals surface area contributed by atoms with Gasteiger partial charge in [0.2, 0.25) is 0 Å². The second-order valence-corrected chi connectivity index (χ2v) is 5.96. The number of hydrogen-bond acceptors (Lipinski definition) is 3. The zero-order valence-electron chi connectivity index (χ0n) is 11.5. The predicted molar refractivity (Wildman–Crippen MR) is 85.8 cm³/mol. The SMILES string of the molecule is C[C@@H](O)CNC(=O)N[C@H](c1ccc(Cl)cc1)c1ccsc1. The van der Waals surface area contributed by atoms with Gasteiger partial charge in [-0.25, -0.2) is 4.79 Å². The van der Waals surface area contributed by atoms with E-state index < -0.39 is 6.10 Å². The highest BCUT2D eigenvalue weighted by Crippen LogP contribution is 2.25. The van der Waals surface area contributed by atoms with Crippen LogP contribution in [0, 0.1) is 0 Å². The van der Waals surface area contributed by atoms with Crippen molar-refractivity contribution in [1.82, 2.24) is 10.6 Å². The summed E-state index contributed by atoms with van der Waals surface area (Å²) in [6.07, 6.45) is -0.578. The molecule has 21 heavy (non-hydrogen) atoms. The maximum absolute atomic E-state index is 11.9. The lowest BCUT2D eigenvalue weighted by atomic mass is 10.0. The number of rotatable bonds is 5. The number of carbonyl (C=O) groups is 1. The molecule has 0 saturated carbocycles. The average molecular weight is 325 g/mol. The van der Waals surface area contributed by atoms with E-state index in [0.717, 1.165) is 11.1 Å². The zero-order valence-corrected chi connectivity index (χ0v) is 13.1. The Morgan fingerprint density at radius 1 is 1.29 bits per heavy atom. The van der Waals surface area contributed by atoms with Crippen LogP contribution in [-0.2, 0) is 0 Å². The van der Waals surface area contributed by atoms with Gasteiger partial charge in [0.05, 0.1) is 12.1 Å². The monoisotopic (exact) mass is 324 g/mol. The Kier molecular flexibility index (Phi) is 5.61. The van der Waals surface area contributed by atoms with Crippen molar-refractivity contribution in [2.45, 2.75) is 19.1 Å². The lowest BCUT2D eigenvalue weighted by Crippen LogP contribution is -2.41. The number of nitrogens with one attached hydrogen (secondary N) is 2. The molecule has 0 fully saturated rings. The first-order valence-electron chi connectivity index (χ1n) is 6.56. The van der Waals surface area contributed by atoms with Crippen molar-refractivity contribution >= 4 is 29.0 Å². The van der Waals surface area contributed by atoms with E-state index in [2.05, 4.69) is 10.6 Å². The summed E-state index contributed by atoms with van der Waals surface area (Å²) in [6.45, 7) is 1.83. The Balaban J connectivity index is 2.14. The number of thiophene rings is 1. The van der Waals surface area contributed by atoms with Gasteiger partial charge >= 0.3 is 6.03 Å². The minimum absolute atomic E-state index is 0.211. The molecule has 0 bridgehead atoms. The molecule has 3 N–H and O–H groups in total. The standard InChI is InChI=1S/C15H17ClN2O2S/c1-10(19)8-17-15(20)18-14(12-6-7-21-9-12)11-2-4-13(16)5-3-11/h2-7,9-10,14,19H,8H2,1H3,(H2,17,18,20)/t10-,14-/m1/s1. The van der Waals surface area contributed by atoms with Gasteiger partial charge in [-0.05, 0) is 47.0 Å². The fourth-order valence-corrected chi connectivity index (χ4v) is 2.69. The van der Waals surface area contributed by atoms with Gasteiger partial charge in [-0.15, -0.1) is 0 Å². The maximum atomic E-state index is 11.9. The number of amides is 2. The van der Waals surface area contributed by atoms with Crippen LogP contribution in [0.25, 0.3) is 0 Å². The van der Waals surface area contributed by atoms with Crippen molar-refractivity contribution in [3.05, 3.63) is 57.2 Å². The summed E-state index contributed by atoms with van der Waals surface area (Å²) in [4.78, 5) is 11.9. The summed E-state index contributed by atoms with van der Waals surface area (Å²) in [7, 11) is 0. The normalized spacial score (nSPS) is 13.5. The van der Waals surface area contributed by atoms with Crippen molar-refractivity contribution in [2.75, 3.05) is 6.54 Å². The fourth-order valence-electron chi connectivity index (χ4n) is 1.88. The van der Waals surface area contributed by atoms with Crippen LogP contribution in [0.4, 0.5) is 4.79 Å². The van der Waals surface area contributed by atoms with Crippen LogP contribution in [0.3, 0.4) is 0 Å². The maximum Gasteiger partial charge on any atom is 0.315 e. The molecular formula is C15H17ClN2O2S. The highest BCUT2D eigenvalue weighted by molar-refractivity contribution is 7.08. The van der Waals surface area contributed by atoms with E-state index in [4.69, 9.17) is 11.6 Å². The summed E-state index contributed by atoms with van der Waals surface area (Å²) < 4.78 is 0. The van der Waals surface area contributed by atoms with E-state index in [1.54, 1.807) is 30.4 Å². The van der Waals surface area contributed by atoms with E-state index in [1.165, 1.54) is 0 Å². The van der Waals surface area contributed by atoms with Gasteiger partial charge in [0.15, 0.2) is 0 Å². The fraction of sp³-hybridized carbons (Fsp3) is 0.267. The first kappa shape index (κ1) is 15.8. The molecule has 2 aromatic rings. The van der Waals surface area contributed by atoms with Crippen LogP contribution in [0.5, 0.6) is 0 Å². The third-order valence-corrected chi connectivity index (χ3v) is 3.87. The smallest absolute Gasteiger partial charge is 0.315 e. The van der Waals surface area contributed by atoms with Crippen LogP contribution in [-0.4, -0.2) is 23.8 Å². The number of aliphatic hydroxyl groups excluding tert-OH is 1. The lowest BCUT2D eigenvalue weighted by molar-refractivity contribution is 0.187. The summed E-state index contributed by atoms with van der Waals surface area (Å²) in [6, 6.07) is 8.78. The molecule has 0 radical (unpaired) electrons. The van der Waals surface area contributed by atoms with E-state index in [1.807, 2.05) is 29.0 Å². The molecule has 0 saturated heterocycles. The van der Waals surface area contributed by atoms with Crippen molar-refractivity contribution in [3.8, 4) is 0 Å². The predicted octanol–water partition coefficient (Wildman–Crippen LogP) is 3.17. The van der Waals surface area contributed by atoms with Crippen LogP contribution in [0.2, 0.25) is 5.02 Å². The molecule has 0 spiro atoms. The molecular weight excluding hydrogens is 308 g/mol. The van der Waals surface area contributed by atoms with E-state index in [9.17, 15) is 9.90 Å². The van der Waals surface area contributed by atoms with Crippen molar-refractivity contribution in [1.29, 1.82) is 0 Å². The summed E-state index contributed by atoms with van der Waals surface area (Å²) >= 11 is 7.48. The third kappa shape index (κ3) is 4.74. The number of urea groups is 1.